The maximum absolute atomic E-state index is 4.42. The van der Waals surface area contributed by atoms with E-state index < -0.39 is 0 Å². The van der Waals surface area contributed by atoms with Crippen LogP contribution in [0.3, 0.4) is 0 Å². The molecule has 0 fully saturated rings. The van der Waals surface area contributed by atoms with Crippen LogP contribution in [0, 0.1) is 0 Å². The highest BCUT2D eigenvalue weighted by molar-refractivity contribution is 5.53. The van der Waals surface area contributed by atoms with Crippen molar-refractivity contribution in [2.75, 3.05) is 7.05 Å². The van der Waals surface area contributed by atoms with Gasteiger partial charge in [-0.25, -0.2) is 4.52 Å². The van der Waals surface area contributed by atoms with Gasteiger partial charge in [-0.1, -0.05) is 24.3 Å². The summed E-state index contributed by atoms with van der Waals surface area (Å²) in [7, 11) is 2.02. The number of aromatic nitrogens is 3. The number of hydrogen-bond acceptors (Lipinski definition) is 3. The van der Waals surface area contributed by atoms with Gasteiger partial charge in [0.2, 0.25) is 0 Å². The fraction of sp³-hybridized carbons (Fsp3) is 0.294. The third-order valence-corrected chi connectivity index (χ3v) is 4.56. The van der Waals surface area contributed by atoms with Gasteiger partial charge in [-0.2, -0.15) is 5.10 Å². The van der Waals surface area contributed by atoms with Gasteiger partial charge in [-0.15, -0.1) is 0 Å². The standard InChI is InChI=1S/C17H18N4/c1-18-16(9-13-8-12-4-2-3-5-14(12)13)15-10-20-21-7-6-19-11-17(15)21/h2-7,10-11,13,16,18H,8-9H2,1H3. The van der Waals surface area contributed by atoms with Gasteiger partial charge in [0.15, 0.2) is 0 Å². The number of benzene rings is 1. The smallest absolute Gasteiger partial charge is 0.0892 e. The summed E-state index contributed by atoms with van der Waals surface area (Å²) in [5, 5.41) is 7.87. The summed E-state index contributed by atoms with van der Waals surface area (Å²) in [6.07, 6.45) is 9.80. The van der Waals surface area contributed by atoms with Crippen LogP contribution in [0.25, 0.3) is 5.52 Å². The van der Waals surface area contributed by atoms with E-state index in [4.69, 9.17) is 0 Å². The minimum absolute atomic E-state index is 0.310. The average molecular weight is 278 g/mol. The van der Waals surface area contributed by atoms with Crippen molar-refractivity contribution in [2.45, 2.75) is 24.8 Å². The summed E-state index contributed by atoms with van der Waals surface area (Å²) < 4.78 is 1.89. The molecule has 0 aliphatic heterocycles. The first-order valence-corrected chi connectivity index (χ1v) is 7.39. The molecule has 0 spiro atoms. The SMILES string of the molecule is CNC(CC1Cc2ccccc21)c1cnn2ccncc12. The summed E-state index contributed by atoms with van der Waals surface area (Å²) in [6.45, 7) is 0. The molecule has 2 unspecified atom stereocenters. The van der Waals surface area contributed by atoms with Gasteiger partial charge < -0.3 is 5.32 Å². The molecule has 0 bridgehead atoms. The van der Waals surface area contributed by atoms with E-state index in [0.29, 0.717) is 12.0 Å². The lowest BCUT2D eigenvalue weighted by Gasteiger charge is -2.32. The van der Waals surface area contributed by atoms with Crippen molar-refractivity contribution in [1.82, 2.24) is 19.9 Å². The van der Waals surface area contributed by atoms with Gasteiger partial charge in [0, 0.05) is 24.0 Å². The van der Waals surface area contributed by atoms with Crippen LogP contribution >= 0.6 is 0 Å². The molecule has 4 rings (SSSR count). The van der Waals surface area contributed by atoms with Crippen LogP contribution in [-0.2, 0) is 6.42 Å². The number of rotatable bonds is 4. The zero-order valence-electron chi connectivity index (χ0n) is 12.0. The lowest BCUT2D eigenvalue weighted by atomic mass is 9.74. The monoisotopic (exact) mass is 278 g/mol. The second kappa shape index (κ2) is 4.97. The van der Waals surface area contributed by atoms with Gasteiger partial charge in [0.25, 0.3) is 0 Å². The largest absolute Gasteiger partial charge is 0.313 e. The van der Waals surface area contributed by atoms with E-state index in [1.165, 1.54) is 23.1 Å². The number of fused-ring (bicyclic) bond motifs is 2. The normalized spacial score (nSPS) is 18.2. The number of hydrogen-bond donors (Lipinski definition) is 1. The quantitative estimate of drug-likeness (QED) is 0.798. The average Bonchev–Trinajstić information content (AvgIpc) is 2.93. The molecule has 2 atom stereocenters. The molecule has 0 amide bonds. The Kier molecular flexibility index (Phi) is 2.97. The molecule has 106 valence electrons. The highest BCUT2D eigenvalue weighted by Crippen LogP contribution is 2.41. The Labute approximate surface area is 123 Å². The third kappa shape index (κ3) is 2.03. The molecule has 2 aromatic heterocycles. The molecule has 1 aliphatic carbocycles. The Morgan fingerprint density at radius 3 is 3.10 bits per heavy atom. The Bertz CT molecular complexity index is 777. The molecule has 1 N–H and O–H groups in total. The van der Waals surface area contributed by atoms with E-state index in [0.717, 1.165) is 11.9 Å². The Balaban J connectivity index is 1.62. The molecule has 1 aliphatic rings. The fourth-order valence-electron chi connectivity index (χ4n) is 3.38. The highest BCUT2D eigenvalue weighted by Gasteiger charge is 2.29. The van der Waals surface area contributed by atoms with Crippen LogP contribution in [0.5, 0.6) is 0 Å². The maximum atomic E-state index is 4.42. The van der Waals surface area contributed by atoms with Crippen molar-refractivity contribution in [3.8, 4) is 0 Å². The van der Waals surface area contributed by atoms with Gasteiger partial charge >= 0.3 is 0 Å². The molecular formula is C17H18N4. The third-order valence-electron chi connectivity index (χ3n) is 4.56. The molecule has 0 radical (unpaired) electrons. The lowest BCUT2D eigenvalue weighted by Crippen LogP contribution is -2.24. The van der Waals surface area contributed by atoms with E-state index in [9.17, 15) is 0 Å². The fourth-order valence-corrected chi connectivity index (χ4v) is 3.38. The predicted octanol–water partition coefficient (Wildman–Crippen LogP) is 2.72. The molecule has 2 heterocycles. The highest BCUT2D eigenvalue weighted by atomic mass is 15.2. The summed E-state index contributed by atoms with van der Waals surface area (Å²) in [5.41, 5.74) is 5.32. The van der Waals surface area contributed by atoms with Crippen molar-refractivity contribution >= 4 is 5.52 Å². The first-order valence-electron chi connectivity index (χ1n) is 7.39. The maximum Gasteiger partial charge on any atom is 0.0892 e. The van der Waals surface area contributed by atoms with Crippen molar-refractivity contribution in [1.29, 1.82) is 0 Å². The van der Waals surface area contributed by atoms with E-state index >= 15 is 0 Å². The molecule has 1 aromatic carbocycles. The van der Waals surface area contributed by atoms with E-state index in [2.05, 4.69) is 39.7 Å². The first-order chi connectivity index (χ1) is 10.4. The first kappa shape index (κ1) is 12.5. The summed E-state index contributed by atoms with van der Waals surface area (Å²) in [6, 6.07) is 9.07. The molecule has 4 nitrogen and oxygen atoms in total. The second-order valence-electron chi connectivity index (χ2n) is 5.68. The van der Waals surface area contributed by atoms with E-state index in [-0.39, 0.29) is 0 Å². The van der Waals surface area contributed by atoms with Crippen molar-refractivity contribution in [2.24, 2.45) is 0 Å². The Morgan fingerprint density at radius 1 is 1.33 bits per heavy atom. The molecule has 0 saturated carbocycles. The summed E-state index contributed by atoms with van der Waals surface area (Å²) in [4.78, 5) is 4.22. The minimum Gasteiger partial charge on any atom is -0.313 e. The summed E-state index contributed by atoms with van der Waals surface area (Å²) >= 11 is 0. The van der Waals surface area contributed by atoms with Crippen LogP contribution in [0.1, 0.15) is 35.1 Å². The molecule has 4 heteroatoms. The molecule has 0 saturated heterocycles. The van der Waals surface area contributed by atoms with Crippen LogP contribution in [0.2, 0.25) is 0 Å². The van der Waals surface area contributed by atoms with Crippen LogP contribution < -0.4 is 5.32 Å². The van der Waals surface area contributed by atoms with E-state index in [1.54, 1.807) is 6.20 Å². The minimum atomic E-state index is 0.310. The topological polar surface area (TPSA) is 42.2 Å². The summed E-state index contributed by atoms with van der Waals surface area (Å²) in [5.74, 6) is 0.644. The van der Waals surface area contributed by atoms with Crippen molar-refractivity contribution in [3.05, 3.63) is 65.7 Å². The van der Waals surface area contributed by atoms with Crippen LogP contribution in [0.4, 0.5) is 0 Å². The second-order valence-corrected chi connectivity index (χ2v) is 5.68. The number of nitrogens with zero attached hydrogens (tertiary/aromatic N) is 3. The van der Waals surface area contributed by atoms with Gasteiger partial charge in [0.1, 0.15) is 0 Å². The van der Waals surface area contributed by atoms with Crippen LogP contribution in [-0.4, -0.2) is 21.6 Å². The lowest BCUT2D eigenvalue weighted by molar-refractivity contribution is 0.454. The zero-order chi connectivity index (χ0) is 14.2. The molecule has 3 aromatic rings. The number of nitrogens with one attached hydrogen (secondary N) is 1. The predicted molar refractivity (Wildman–Crippen MR) is 82.3 cm³/mol. The van der Waals surface area contributed by atoms with Crippen molar-refractivity contribution in [3.63, 3.8) is 0 Å². The Morgan fingerprint density at radius 2 is 2.24 bits per heavy atom. The zero-order valence-corrected chi connectivity index (χ0v) is 12.0. The van der Waals surface area contributed by atoms with Crippen molar-refractivity contribution < 1.29 is 0 Å². The van der Waals surface area contributed by atoms with E-state index in [1.807, 2.05) is 30.2 Å². The van der Waals surface area contributed by atoms with Crippen LogP contribution in [0.15, 0.2) is 49.1 Å². The molecular weight excluding hydrogens is 260 g/mol. The van der Waals surface area contributed by atoms with Gasteiger partial charge in [-0.3, -0.25) is 4.98 Å². The Hall–Kier alpha value is -2.20. The molecule has 21 heavy (non-hydrogen) atoms. The van der Waals surface area contributed by atoms with Gasteiger partial charge in [-0.05, 0) is 36.9 Å². The van der Waals surface area contributed by atoms with Gasteiger partial charge in [0.05, 0.1) is 17.9 Å².